The van der Waals surface area contributed by atoms with E-state index in [0.717, 1.165) is 23.2 Å². The van der Waals surface area contributed by atoms with Gasteiger partial charge in [-0.3, -0.25) is 0 Å². The SMILES string of the molecule is CC(C)(CCO)CNCC(O)COc1cccc(Br)c1. The maximum atomic E-state index is 9.86. The van der Waals surface area contributed by atoms with Crippen LogP contribution in [0, 0.1) is 5.41 Å². The molecule has 0 aliphatic carbocycles. The van der Waals surface area contributed by atoms with Crippen molar-refractivity contribution >= 4 is 15.9 Å². The lowest BCUT2D eigenvalue weighted by atomic mass is 9.90. The Labute approximate surface area is 129 Å². The lowest BCUT2D eigenvalue weighted by molar-refractivity contribution is 0.102. The Kier molecular flexibility index (Phi) is 7.51. The van der Waals surface area contributed by atoms with Crippen molar-refractivity contribution in [3.8, 4) is 5.75 Å². The Bertz CT molecular complexity index is 398. The van der Waals surface area contributed by atoms with Gasteiger partial charge in [-0.25, -0.2) is 0 Å². The lowest BCUT2D eigenvalue weighted by Gasteiger charge is -2.24. The van der Waals surface area contributed by atoms with Gasteiger partial charge in [-0.05, 0) is 30.0 Å². The second-order valence-corrected chi connectivity index (χ2v) is 6.61. The summed E-state index contributed by atoms with van der Waals surface area (Å²) < 4.78 is 6.47. The Morgan fingerprint density at radius 1 is 1.40 bits per heavy atom. The van der Waals surface area contributed by atoms with Crippen LogP contribution in [0.15, 0.2) is 28.7 Å². The molecule has 0 aromatic heterocycles. The third kappa shape index (κ3) is 7.24. The second kappa shape index (κ2) is 8.62. The normalized spacial score (nSPS) is 13.2. The number of nitrogens with one attached hydrogen (secondary N) is 1. The molecule has 1 aromatic rings. The van der Waals surface area contributed by atoms with Crippen molar-refractivity contribution in [3.05, 3.63) is 28.7 Å². The molecule has 0 heterocycles. The molecule has 1 aromatic carbocycles. The zero-order valence-electron chi connectivity index (χ0n) is 12.1. The van der Waals surface area contributed by atoms with Crippen LogP contribution in [0.4, 0.5) is 0 Å². The molecule has 0 saturated carbocycles. The Balaban J connectivity index is 2.22. The quantitative estimate of drug-likeness (QED) is 0.642. The van der Waals surface area contributed by atoms with Gasteiger partial charge < -0.3 is 20.3 Å². The van der Waals surface area contributed by atoms with E-state index in [4.69, 9.17) is 9.84 Å². The van der Waals surface area contributed by atoms with E-state index in [1.165, 1.54) is 0 Å². The van der Waals surface area contributed by atoms with E-state index < -0.39 is 6.10 Å². The van der Waals surface area contributed by atoms with E-state index in [-0.39, 0.29) is 18.6 Å². The largest absolute Gasteiger partial charge is 0.491 e. The van der Waals surface area contributed by atoms with Gasteiger partial charge in [0.25, 0.3) is 0 Å². The number of aliphatic hydroxyl groups excluding tert-OH is 2. The molecule has 0 aliphatic rings. The first-order valence-corrected chi connectivity index (χ1v) is 7.60. The molecule has 5 heteroatoms. The summed E-state index contributed by atoms with van der Waals surface area (Å²) in [5.74, 6) is 0.735. The van der Waals surface area contributed by atoms with Gasteiger partial charge in [-0.2, -0.15) is 0 Å². The van der Waals surface area contributed by atoms with Gasteiger partial charge in [0.05, 0.1) is 0 Å². The van der Waals surface area contributed by atoms with Crippen LogP contribution in [0.1, 0.15) is 20.3 Å². The second-order valence-electron chi connectivity index (χ2n) is 5.69. The van der Waals surface area contributed by atoms with Crippen LogP contribution >= 0.6 is 15.9 Å². The van der Waals surface area contributed by atoms with Gasteiger partial charge >= 0.3 is 0 Å². The summed E-state index contributed by atoms with van der Waals surface area (Å²) in [5.41, 5.74) is 0.0274. The smallest absolute Gasteiger partial charge is 0.120 e. The minimum atomic E-state index is -0.557. The molecule has 1 rings (SSSR count). The number of benzene rings is 1. The van der Waals surface area contributed by atoms with Gasteiger partial charge in [0.15, 0.2) is 0 Å². The topological polar surface area (TPSA) is 61.7 Å². The number of ether oxygens (including phenoxy) is 1. The highest BCUT2D eigenvalue weighted by atomic mass is 79.9. The van der Waals surface area contributed by atoms with Gasteiger partial charge in [0.1, 0.15) is 18.5 Å². The van der Waals surface area contributed by atoms with Crippen LogP contribution in [0.2, 0.25) is 0 Å². The Morgan fingerprint density at radius 3 is 2.80 bits per heavy atom. The molecule has 0 saturated heterocycles. The Hall–Kier alpha value is -0.620. The van der Waals surface area contributed by atoms with Crippen molar-refractivity contribution in [3.63, 3.8) is 0 Å². The molecular weight excluding hydrogens is 322 g/mol. The highest BCUT2D eigenvalue weighted by molar-refractivity contribution is 9.10. The number of rotatable bonds is 9. The number of hydrogen-bond acceptors (Lipinski definition) is 4. The maximum absolute atomic E-state index is 9.86. The van der Waals surface area contributed by atoms with Crippen LogP contribution in [-0.2, 0) is 0 Å². The van der Waals surface area contributed by atoms with Gasteiger partial charge in [-0.1, -0.05) is 35.8 Å². The van der Waals surface area contributed by atoms with Crippen molar-refractivity contribution in [1.29, 1.82) is 0 Å². The fraction of sp³-hybridized carbons (Fsp3) is 0.600. The number of aliphatic hydroxyl groups is 2. The van der Waals surface area contributed by atoms with Crippen LogP contribution in [0.5, 0.6) is 5.75 Å². The monoisotopic (exact) mass is 345 g/mol. The lowest BCUT2D eigenvalue weighted by Crippen LogP contribution is -2.37. The molecule has 0 amide bonds. The van der Waals surface area contributed by atoms with E-state index >= 15 is 0 Å². The van der Waals surface area contributed by atoms with E-state index in [2.05, 4.69) is 35.1 Å². The zero-order chi connectivity index (χ0) is 15.0. The third-order valence-corrected chi connectivity index (χ3v) is 3.50. The summed E-state index contributed by atoms with van der Waals surface area (Å²) in [5, 5.41) is 22.0. The van der Waals surface area contributed by atoms with Crippen molar-refractivity contribution in [2.24, 2.45) is 5.41 Å². The average Bonchev–Trinajstić information content (AvgIpc) is 2.36. The van der Waals surface area contributed by atoms with Crippen molar-refractivity contribution < 1.29 is 14.9 Å². The molecule has 0 spiro atoms. The first-order valence-electron chi connectivity index (χ1n) is 6.81. The number of halogens is 1. The molecule has 20 heavy (non-hydrogen) atoms. The summed E-state index contributed by atoms with van der Waals surface area (Å²) in [6, 6.07) is 7.54. The molecule has 3 N–H and O–H groups in total. The third-order valence-electron chi connectivity index (χ3n) is 3.01. The first kappa shape index (κ1) is 17.4. The molecule has 0 bridgehead atoms. The predicted octanol–water partition coefficient (Wildman–Crippen LogP) is 2.19. The Morgan fingerprint density at radius 2 is 2.15 bits per heavy atom. The van der Waals surface area contributed by atoms with Crippen molar-refractivity contribution in [2.75, 3.05) is 26.3 Å². The highest BCUT2D eigenvalue weighted by Crippen LogP contribution is 2.18. The molecule has 1 atom stereocenters. The van der Waals surface area contributed by atoms with E-state index in [1.54, 1.807) is 0 Å². The minimum Gasteiger partial charge on any atom is -0.491 e. The summed E-state index contributed by atoms with van der Waals surface area (Å²) in [4.78, 5) is 0. The minimum absolute atomic E-state index is 0.0274. The summed E-state index contributed by atoms with van der Waals surface area (Å²) in [6.45, 7) is 5.83. The van der Waals surface area contributed by atoms with Gasteiger partial charge in [0.2, 0.25) is 0 Å². The molecule has 4 nitrogen and oxygen atoms in total. The van der Waals surface area contributed by atoms with Gasteiger partial charge in [0, 0.05) is 24.2 Å². The van der Waals surface area contributed by atoms with E-state index in [9.17, 15) is 5.11 Å². The summed E-state index contributed by atoms with van der Waals surface area (Å²) in [7, 11) is 0. The highest BCUT2D eigenvalue weighted by Gasteiger charge is 2.17. The summed E-state index contributed by atoms with van der Waals surface area (Å²) in [6.07, 6.45) is 0.184. The average molecular weight is 346 g/mol. The van der Waals surface area contributed by atoms with Crippen molar-refractivity contribution in [2.45, 2.75) is 26.4 Å². The fourth-order valence-electron chi connectivity index (χ4n) is 1.78. The molecule has 0 aliphatic heterocycles. The number of hydrogen-bond donors (Lipinski definition) is 3. The van der Waals surface area contributed by atoms with Crippen LogP contribution in [0.25, 0.3) is 0 Å². The zero-order valence-corrected chi connectivity index (χ0v) is 13.7. The van der Waals surface area contributed by atoms with Crippen LogP contribution in [0.3, 0.4) is 0 Å². The summed E-state index contributed by atoms with van der Waals surface area (Å²) >= 11 is 3.37. The molecule has 114 valence electrons. The molecule has 0 radical (unpaired) electrons. The standard InChI is InChI=1S/C15H24BrNO3/c1-15(2,6-7-18)11-17-9-13(19)10-20-14-5-3-4-12(16)8-14/h3-5,8,13,17-19H,6-7,9-11H2,1-2H3. The first-order chi connectivity index (χ1) is 9.43. The maximum Gasteiger partial charge on any atom is 0.120 e. The van der Waals surface area contributed by atoms with Crippen LogP contribution < -0.4 is 10.1 Å². The van der Waals surface area contributed by atoms with E-state index in [0.29, 0.717) is 6.54 Å². The molecule has 0 fully saturated rings. The molecule has 1 unspecified atom stereocenters. The fourth-order valence-corrected chi connectivity index (χ4v) is 2.15. The predicted molar refractivity (Wildman–Crippen MR) is 84.0 cm³/mol. The molecular formula is C15H24BrNO3. The van der Waals surface area contributed by atoms with E-state index in [1.807, 2.05) is 24.3 Å². The van der Waals surface area contributed by atoms with Gasteiger partial charge in [-0.15, -0.1) is 0 Å². The van der Waals surface area contributed by atoms with Crippen LogP contribution in [-0.4, -0.2) is 42.6 Å². The van der Waals surface area contributed by atoms with Crippen molar-refractivity contribution in [1.82, 2.24) is 5.32 Å².